The van der Waals surface area contributed by atoms with Crippen LogP contribution in [0.2, 0.25) is 5.02 Å². The van der Waals surface area contributed by atoms with Crippen molar-refractivity contribution in [3.05, 3.63) is 81.1 Å². The van der Waals surface area contributed by atoms with E-state index >= 15 is 0 Å². The highest BCUT2D eigenvalue weighted by Gasteiger charge is 2.48. The maximum absolute atomic E-state index is 14.6. The van der Waals surface area contributed by atoms with E-state index < -0.39 is 48.7 Å². The first-order valence-corrected chi connectivity index (χ1v) is 12.8. The summed E-state index contributed by atoms with van der Waals surface area (Å²) >= 11 is 9.04. The molecule has 0 amide bonds. The van der Waals surface area contributed by atoms with Gasteiger partial charge in [0.05, 0.1) is 29.1 Å². The summed E-state index contributed by atoms with van der Waals surface area (Å²) < 4.78 is 37.7. The van der Waals surface area contributed by atoms with Gasteiger partial charge in [0, 0.05) is 21.8 Å². The molecule has 3 heterocycles. The van der Waals surface area contributed by atoms with E-state index in [1.54, 1.807) is 25.1 Å². The molecule has 0 saturated carbocycles. The van der Waals surface area contributed by atoms with Crippen LogP contribution in [0.1, 0.15) is 29.4 Å². The van der Waals surface area contributed by atoms with Gasteiger partial charge in [-0.3, -0.25) is 4.68 Å². The molecule has 0 unspecified atom stereocenters. The summed E-state index contributed by atoms with van der Waals surface area (Å²) in [6, 6.07) is 8.32. The monoisotopic (exact) mass is 620 g/mol. The van der Waals surface area contributed by atoms with Gasteiger partial charge >= 0.3 is 0 Å². The van der Waals surface area contributed by atoms with Gasteiger partial charge in [0.25, 0.3) is 0 Å². The summed E-state index contributed by atoms with van der Waals surface area (Å²) in [7, 11) is 0. The van der Waals surface area contributed by atoms with Crippen LogP contribution in [0, 0.1) is 29.9 Å². The molecule has 0 spiro atoms. The number of halogens is 4. The maximum Gasteiger partial charge on any atom is 0.178 e. The van der Waals surface area contributed by atoms with Crippen LogP contribution in [0.4, 0.5) is 8.78 Å². The average molecular weight is 622 g/mol. The number of nitrogens with zero attached hydrogens (tertiary/aromatic N) is 6. The van der Waals surface area contributed by atoms with Gasteiger partial charge < -0.3 is 20.1 Å². The second-order valence-electron chi connectivity index (χ2n) is 8.88. The van der Waals surface area contributed by atoms with E-state index in [1.807, 2.05) is 0 Å². The number of hydrogen-bond donors (Lipinski definition) is 3. The van der Waals surface area contributed by atoms with Crippen molar-refractivity contribution < 1.29 is 28.8 Å². The van der Waals surface area contributed by atoms with Gasteiger partial charge in [-0.05, 0) is 37.3 Å². The van der Waals surface area contributed by atoms with Crippen molar-refractivity contribution in [1.82, 2.24) is 24.5 Å². The van der Waals surface area contributed by atoms with Crippen LogP contribution in [0.3, 0.4) is 0 Å². The first-order valence-electron chi connectivity index (χ1n) is 11.6. The minimum atomic E-state index is -1.50. The lowest BCUT2D eigenvalue weighted by Gasteiger charge is -2.41. The number of rotatable bonds is 5. The number of benzene rings is 2. The Bertz CT molecular complexity index is 1590. The summed E-state index contributed by atoms with van der Waals surface area (Å²) in [6.07, 6.45) is -2.78. The molecule has 2 aromatic heterocycles. The molecule has 1 aliphatic heterocycles. The van der Waals surface area contributed by atoms with E-state index in [0.29, 0.717) is 16.0 Å². The molecule has 14 heteroatoms. The molecule has 0 bridgehead atoms. The number of nitriles is 1. The molecule has 39 heavy (non-hydrogen) atoms. The number of aliphatic hydroxyl groups is 3. The van der Waals surface area contributed by atoms with Crippen LogP contribution in [0.25, 0.3) is 16.8 Å². The standard InChI is InChI=1S/C25H20BrClF2N6O4/c1-11-32-25(35(33-11)17-6-14(26)3-2-12(17)7-30)24-23(38)21(22(37)18(10-36)39-24)34-9-13(8-31-34)15-4-5-16(27)20(29)19(15)28/h2-6,8-9,18,21-24,36-38H,10H2,1H3/t18-,21+,22+,23-,24-/m1/s1. The molecule has 10 nitrogen and oxygen atoms in total. The molecule has 2 aromatic carbocycles. The largest absolute Gasteiger partial charge is 0.394 e. The van der Waals surface area contributed by atoms with E-state index in [1.165, 1.54) is 33.9 Å². The van der Waals surface area contributed by atoms with Crippen molar-refractivity contribution in [1.29, 1.82) is 5.26 Å². The minimum Gasteiger partial charge on any atom is -0.394 e. The molecule has 5 atom stereocenters. The summed E-state index contributed by atoms with van der Waals surface area (Å²) in [5.74, 6) is -1.96. The van der Waals surface area contributed by atoms with E-state index in [2.05, 4.69) is 37.2 Å². The van der Waals surface area contributed by atoms with Crippen LogP contribution < -0.4 is 0 Å². The Morgan fingerprint density at radius 1 is 1.18 bits per heavy atom. The number of aryl methyl sites for hydroxylation is 1. The molecule has 202 valence electrons. The average Bonchev–Trinajstić information content (AvgIpc) is 3.54. The Morgan fingerprint density at radius 2 is 1.95 bits per heavy atom. The molecule has 1 saturated heterocycles. The zero-order valence-electron chi connectivity index (χ0n) is 20.1. The predicted octanol–water partition coefficient (Wildman–Crippen LogP) is 3.40. The Kier molecular flexibility index (Phi) is 7.51. The van der Waals surface area contributed by atoms with Gasteiger partial charge in [0.2, 0.25) is 0 Å². The quantitative estimate of drug-likeness (QED) is 0.288. The van der Waals surface area contributed by atoms with Crippen molar-refractivity contribution >= 4 is 27.5 Å². The summed E-state index contributed by atoms with van der Waals surface area (Å²) in [6.45, 7) is 1.01. The van der Waals surface area contributed by atoms with E-state index in [9.17, 15) is 29.4 Å². The fraction of sp³-hybridized carbons (Fsp3) is 0.280. The highest BCUT2D eigenvalue weighted by molar-refractivity contribution is 9.10. The molecule has 0 radical (unpaired) electrons. The second-order valence-corrected chi connectivity index (χ2v) is 10.2. The van der Waals surface area contributed by atoms with Crippen LogP contribution >= 0.6 is 27.5 Å². The highest BCUT2D eigenvalue weighted by atomic mass is 79.9. The summed E-state index contributed by atoms with van der Waals surface area (Å²) in [4.78, 5) is 4.42. The molecule has 1 aliphatic rings. The first-order chi connectivity index (χ1) is 18.6. The van der Waals surface area contributed by atoms with Gasteiger partial charge in [-0.2, -0.15) is 15.5 Å². The van der Waals surface area contributed by atoms with Crippen molar-refractivity contribution in [2.75, 3.05) is 6.61 Å². The van der Waals surface area contributed by atoms with Crippen LogP contribution in [-0.4, -0.2) is 64.8 Å². The Morgan fingerprint density at radius 3 is 2.67 bits per heavy atom. The number of hydrogen-bond acceptors (Lipinski definition) is 8. The van der Waals surface area contributed by atoms with Gasteiger partial charge in [-0.25, -0.2) is 18.4 Å². The topological polar surface area (TPSA) is 142 Å². The van der Waals surface area contributed by atoms with E-state index in [4.69, 9.17) is 16.3 Å². The fourth-order valence-corrected chi connectivity index (χ4v) is 5.08. The first kappa shape index (κ1) is 27.3. The van der Waals surface area contributed by atoms with Crippen molar-refractivity contribution in [2.45, 2.75) is 37.4 Å². The Labute approximate surface area is 233 Å². The minimum absolute atomic E-state index is 0.114. The van der Waals surface area contributed by atoms with Gasteiger partial charge in [0.15, 0.2) is 17.5 Å². The predicted molar refractivity (Wildman–Crippen MR) is 137 cm³/mol. The SMILES string of the molecule is Cc1nc([C@@H]2O[C@H](CO)[C@H](O)[C@H](n3cc(-c4ccc(Cl)c(F)c4F)cn3)[C@H]2O)n(-c2cc(Br)ccc2C#N)n1. The lowest BCUT2D eigenvalue weighted by Crippen LogP contribution is -2.53. The summed E-state index contributed by atoms with van der Waals surface area (Å²) in [5.41, 5.74) is 0.684. The molecule has 0 aliphatic carbocycles. The smallest absolute Gasteiger partial charge is 0.178 e. The fourth-order valence-electron chi connectivity index (χ4n) is 4.58. The lowest BCUT2D eigenvalue weighted by molar-refractivity contribution is -0.210. The second kappa shape index (κ2) is 10.7. The highest BCUT2D eigenvalue weighted by Crippen LogP contribution is 2.39. The number of ether oxygens (including phenoxy) is 1. The van der Waals surface area contributed by atoms with Crippen molar-refractivity contribution in [3.8, 4) is 22.9 Å². The van der Waals surface area contributed by atoms with E-state index in [0.717, 1.165) is 0 Å². The maximum atomic E-state index is 14.6. The van der Waals surface area contributed by atoms with Crippen LogP contribution in [0.5, 0.6) is 0 Å². The summed E-state index contributed by atoms with van der Waals surface area (Å²) in [5, 5.41) is 50.3. The molecule has 1 fully saturated rings. The third-order valence-corrected chi connectivity index (χ3v) is 7.23. The third kappa shape index (κ3) is 4.84. The third-order valence-electron chi connectivity index (χ3n) is 6.45. The molecule has 3 N–H and O–H groups in total. The van der Waals surface area contributed by atoms with Crippen LogP contribution in [-0.2, 0) is 4.74 Å². The zero-order valence-corrected chi connectivity index (χ0v) is 22.4. The van der Waals surface area contributed by atoms with Gasteiger partial charge in [-0.15, -0.1) is 0 Å². The zero-order chi connectivity index (χ0) is 28.0. The number of aromatic nitrogens is 5. The van der Waals surface area contributed by atoms with Gasteiger partial charge in [-0.1, -0.05) is 27.5 Å². The Hall–Kier alpha value is -3.25. The number of aliphatic hydroxyl groups excluding tert-OH is 3. The molecule has 4 aromatic rings. The van der Waals surface area contributed by atoms with Crippen LogP contribution in [0.15, 0.2) is 47.2 Å². The van der Waals surface area contributed by atoms with Gasteiger partial charge in [0.1, 0.15) is 42.4 Å². The molecular weight excluding hydrogens is 602 g/mol. The lowest BCUT2D eigenvalue weighted by atomic mass is 9.92. The Balaban J connectivity index is 1.57. The molecular formula is C25H20BrClF2N6O4. The van der Waals surface area contributed by atoms with E-state index in [-0.39, 0.29) is 27.5 Å². The van der Waals surface area contributed by atoms with Crippen molar-refractivity contribution in [2.24, 2.45) is 0 Å². The van der Waals surface area contributed by atoms with Crippen molar-refractivity contribution in [3.63, 3.8) is 0 Å². The molecule has 5 rings (SSSR count). The normalized spacial score (nSPS) is 23.1.